The maximum Gasteiger partial charge on any atom is 0.274 e. The predicted molar refractivity (Wildman–Crippen MR) is 141 cm³/mol. The fraction of sp³-hybridized carbons (Fsp3) is 0.448. The van der Waals surface area contributed by atoms with E-state index >= 15 is 0 Å². The number of carbonyl (C=O) groups excluding carboxylic acids is 2. The van der Waals surface area contributed by atoms with Crippen molar-refractivity contribution < 1.29 is 14.3 Å². The average molecular weight is 489 g/mol. The van der Waals surface area contributed by atoms with Crippen LogP contribution in [0.5, 0.6) is 5.75 Å². The molecule has 0 bridgehead atoms. The van der Waals surface area contributed by atoms with Crippen LogP contribution in [-0.4, -0.2) is 64.4 Å². The third kappa shape index (κ3) is 6.20. The molecule has 0 unspecified atom stereocenters. The van der Waals surface area contributed by atoms with Crippen molar-refractivity contribution in [1.82, 2.24) is 19.8 Å². The van der Waals surface area contributed by atoms with Gasteiger partial charge in [0.15, 0.2) is 0 Å². The second-order valence-electron chi connectivity index (χ2n) is 9.97. The number of rotatable bonds is 3. The van der Waals surface area contributed by atoms with Crippen LogP contribution in [-0.2, 0) is 0 Å². The van der Waals surface area contributed by atoms with Crippen molar-refractivity contribution in [2.24, 2.45) is 5.92 Å². The molecule has 3 aromatic rings. The number of fused-ring (bicyclic) bond motifs is 2. The molecule has 1 aliphatic heterocycles. The molecule has 0 N–H and O–H groups in total. The lowest BCUT2D eigenvalue weighted by Crippen LogP contribution is -2.45. The van der Waals surface area contributed by atoms with Gasteiger partial charge in [-0.05, 0) is 49.4 Å². The summed E-state index contributed by atoms with van der Waals surface area (Å²) in [6.45, 7) is 5.93. The second kappa shape index (κ2) is 12.0. The number of nitrogens with zero attached hydrogens (tertiary/aromatic N) is 4. The topological polar surface area (TPSA) is 75.6 Å². The molecule has 7 heteroatoms. The van der Waals surface area contributed by atoms with Gasteiger partial charge in [-0.2, -0.15) is 0 Å². The molecule has 7 nitrogen and oxygen atoms in total. The molecular weight excluding hydrogens is 452 g/mol. The SMILES string of the molecule is CC(C)C[C@H]1COc2ccccc2C(=O)N(C)CCCCCCN1C(=O)c1cnc2ccccc2n1. The summed E-state index contributed by atoms with van der Waals surface area (Å²) in [4.78, 5) is 39.7. The van der Waals surface area contributed by atoms with Gasteiger partial charge < -0.3 is 14.5 Å². The summed E-state index contributed by atoms with van der Waals surface area (Å²) in [6.07, 6.45) is 6.15. The summed E-state index contributed by atoms with van der Waals surface area (Å²) in [6, 6.07) is 14.8. The van der Waals surface area contributed by atoms with Crippen LogP contribution in [0.15, 0.2) is 54.7 Å². The molecule has 2 aromatic carbocycles. The first kappa shape index (κ1) is 25.6. The first-order valence-corrected chi connectivity index (χ1v) is 12.9. The highest BCUT2D eigenvalue weighted by Gasteiger charge is 2.28. The highest BCUT2D eigenvalue weighted by molar-refractivity contribution is 5.97. The Morgan fingerprint density at radius 3 is 2.47 bits per heavy atom. The largest absolute Gasteiger partial charge is 0.491 e. The molecular formula is C29H36N4O3. The number of hydrogen-bond donors (Lipinski definition) is 0. The van der Waals surface area contributed by atoms with Crippen LogP contribution in [0, 0.1) is 5.92 Å². The summed E-state index contributed by atoms with van der Waals surface area (Å²) in [5.41, 5.74) is 2.38. The van der Waals surface area contributed by atoms with Crippen molar-refractivity contribution in [3.8, 4) is 5.75 Å². The second-order valence-corrected chi connectivity index (χ2v) is 9.97. The standard InChI is InChI=1S/C29H36N4O3/c1-21(2)18-22-20-36-27-15-9-6-12-23(27)28(34)32(3)16-10-4-5-11-17-33(22)29(35)26-19-30-24-13-7-8-14-25(24)31-26/h6-9,12-15,19,21-22H,4-5,10-11,16-18,20H2,1-3H3/t22-/m0/s1. The molecule has 0 aliphatic carbocycles. The van der Waals surface area contributed by atoms with Crippen LogP contribution in [0.25, 0.3) is 11.0 Å². The predicted octanol–water partition coefficient (Wildman–Crippen LogP) is 5.21. The van der Waals surface area contributed by atoms with E-state index in [1.165, 1.54) is 0 Å². The normalized spacial score (nSPS) is 18.0. The summed E-state index contributed by atoms with van der Waals surface area (Å²) in [5.74, 6) is 0.748. The monoisotopic (exact) mass is 488 g/mol. The van der Waals surface area contributed by atoms with E-state index < -0.39 is 0 Å². The Balaban J connectivity index is 1.66. The van der Waals surface area contributed by atoms with Crippen LogP contribution in [0.1, 0.15) is 66.8 Å². The molecule has 4 rings (SSSR count). The number of benzene rings is 2. The van der Waals surface area contributed by atoms with Gasteiger partial charge in [-0.25, -0.2) is 4.98 Å². The number of para-hydroxylation sites is 3. The van der Waals surface area contributed by atoms with Crippen LogP contribution >= 0.6 is 0 Å². The van der Waals surface area contributed by atoms with Gasteiger partial charge >= 0.3 is 0 Å². The molecule has 36 heavy (non-hydrogen) atoms. The molecule has 2 heterocycles. The van der Waals surface area contributed by atoms with Crippen LogP contribution in [0.2, 0.25) is 0 Å². The maximum absolute atomic E-state index is 13.8. The Morgan fingerprint density at radius 1 is 1.00 bits per heavy atom. The highest BCUT2D eigenvalue weighted by atomic mass is 16.5. The van der Waals surface area contributed by atoms with Crippen molar-refractivity contribution in [1.29, 1.82) is 0 Å². The van der Waals surface area contributed by atoms with E-state index in [2.05, 4.69) is 23.8 Å². The van der Waals surface area contributed by atoms with Crippen molar-refractivity contribution in [3.05, 3.63) is 66.0 Å². The molecule has 1 aliphatic rings. The summed E-state index contributed by atoms with van der Waals surface area (Å²) >= 11 is 0. The zero-order chi connectivity index (χ0) is 25.5. The number of hydrogen-bond acceptors (Lipinski definition) is 5. The molecule has 2 amide bonds. The van der Waals surface area contributed by atoms with E-state index in [9.17, 15) is 9.59 Å². The number of amides is 2. The quantitative estimate of drug-likeness (QED) is 0.506. The zero-order valence-corrected chi connectivity index (χ0v) is 21.5. The molecule has 0 saturated heterocycles. The Morgan fingerprint density at radius 2 is 1.69 bits per heavy atom. The highest BCUT2D eigenvalue weighted by Crippen LogP contribution is 2.24. The minimum absolute atomic E-state index is 0.0394. The average Bonchev–Trinajstić information content (AvgIpc) is 2.89. The Kier molecular flexibility index (Phi) is 8.52. The van der Waals surface area contributed by atoms with Crippen molar-refractivity contribution in [3.63, 3.8) is 0 Å². The van der Waals surface area contributed by atoms with Gasteiger partial charge in [0.2, 0.25) is 0 Å². The lowest BCUT2D eigenvalue weighted by atomic mass is 10.0. The molecule has 1 aromatic heterocycles. The van der Waals surface area contributed by atoms with Gasteiger partial charge in [-0.1, -0.05) is 51.0 Å². The number of carbonyl (C=O) groups is 2. The fourth-order valence-electron chi connectivity index (χ4n) is 4.73. The number of aromatic nitrogens is 2. The Bertz CT molecular complexity index is 1200. The summed E-state index contributed by atoms with van der Waals surface area (Å²) in [5, 5.41) is 0. The number of ether oxygens (including phenoxy) is 1. The molecule has 0 radical (unpaired) electrons. The lowest BCUT2D eigenvalue weighted by molar-refractivity contribution is 0.0562. The first-order valence-electron chi connectivity index (χ1n) is 12.9. The molecule has 1 atom stereocenters. The minimum Gasteiger partial charge on any atom is -0.491 e. The van der Waals surface area contributed by atoms with Gasteiger partial charge in [0.1, 0.15) is 18.1 Å². The Hall–Kier alpha value is -3.48. The molecule has 0 fully saturated rings. The van der Waals surface area contributed by atoms with Crippen LogP contribution in [0.3, 0.4) is 0 Å². The van der Waals surface area contributed by atoms with Gasteiger partial charge in [0, 0.05) is 20.1 Å². The van der Waals surface area contributed by atoms with E-state index in [0.29, 0.717) is 48.1 Å². The van der Waals surface area contributed by atoms with Crippen molar-refractivity contribution in [2.45, 2.75) is 52.0 Å². The van der Waals surface area contributed by atoms with E-state index in [1.807, 2.05) is 60.5 Å². The van der Waals surface area contributed by atoms with Gasteiger partial charge in [0.25, 0.3) is 11.8 Å². The van der Waals surface area contributed by atoms with Crippen molar-refractivity contribution in [2.75, 3.05) is 26.7 Å². The van der Waals surface area contributed by atoms with E-state index in [1.54, 1.807) is 11.1 Å². The van der Waals surface area contributed by atoms with E-state index in [4.69, 9.17) is 4.74 Å². The van der Waals surface area contributed by atoms with E-state index in [0.717, 1.165) is 37.6 Å². The maximum atomic E-state index is 13.8. The molecule has 190 valence electrons. The minimum atomic E-state index is -0.158. The first-order chi connectivity index (χ1) is 17.4. The summed E-state index contributed by atoms with van der Waals surface area (Å²) in [7, 11) is 1.84. The van der Waals surface area contributed by atoms with Crippen LogP contribution < -0.4 is 4.74 Å². The third-order valence-electron chi connectivity index (χ3n) is 6.65. The van der Waals surface area contributed by atoms with Gasteiger partial charge in [0.05, 0.1) is 28.8 Å². The smallest absolute Gasteiger partial charge is 0.274 e. The van der Waals surface area contributed by atoms with Crippen molar-refractivity contribution >= 4 is 22.8 Å². The third-order valence-corrected chi connectivity index (χ3v) is 6.65. The lowest BCUT2D eigenvalue weighted by Gasteiger charge is -2.33. The fourth-order valence-corrected chi connectivity index (χ4v) is 4.73. The van der Waals surface area contributed by atoms with Gasteiger partial charge in [-0.15, -0.1) is 0 Å². The Labute approximate surface area is 213 Å². The van der Waals surface area contributed by atoms with Gasteiger partial charge in [-0.3, -0.25) is 14.6 Å². The molecule has 0 saturated carbocycles. The molecule has 0 spiro atoms. The zero-order valence-electron chi connectivity index (χ0n) is 21.5. The van der Waals surface area contributed by atoms with Crippen LogP contribution in [0.4, 0.5) is 0 Å². The summed E-state index contributed by atoms with van der Waals surface area (Å²) < 4.78 is 6.27. The van der Waals surface area contributed by atoms with E-state index in [-0.39, 0.29) is 17.9 Å².